The van der Waals surface area contributed by atoms with Crippen LogP contribution < -0.4 is 16.0 Å². The number of methoxy groups -OCH3 is 1. The van der Waals surface area contributed by atoms with Crippen molar-refractivity contribution in [3.63, 3.8) is 0 Å². The molecule has 0 bridgehead atoms. The Kier molecular flexibility index (Phi) is 8.24. The van der Waals surface area contributed by atoms with Gasteiger partial charge in [-0.15, -0.1) is 11.3 Å². The Balaban J connectivity index is 1.48. The van der Waals surface area contributed by atoms with Crippen molar-refractivity contribution >= 4 is 37.5 Å². The van der Waals surface area contributed by atoms with E-state index in [2.05, 4.69) is 4.98 Å². The normalized spacial score (nSPS) is 21.1. The van der Waals surface area contributed by atoms with Crippen molar-refractivity contribution in [2.75, 3.05) is 26.5 Å². The van der Waals surface area contributed by atoms with Crippen molar-refractivity contribution in [2.45, 2.75) is 57.9 Å². The Labute approximate surface area is 269 Å². The lowest BCUT2D eigenvalue weighted by atomic mass is 10.0. The molecular weight excluding hydrogens is 636 g/mol. The molecule has 1 saturated carbocycles. The summed E-state index contributed by atoms with van der Waals surface area (Å²) < 4.78 is 46.0. The molecule has 46 heavy (non-hydrogen) atoms. The van der Waals surface area contributed by atoms with Crippen LogP contribution in [0.15, 0.2) is 50.7 Å². The molecule has 6 rings (SSSR count). The fourth-order valence-electron chi connectivity index (χ4n) is 6.76. The van der Waals surface area contributed by atoms with Crippen molar-refractivity contribution in [1.82, 2.24) is 18.4 Å². The lowest BCUT2D eigenvalue weighted by Gasteiger charge is -2.28. The van der Waals surface area contributed by atoms with Gasteiger partial charge in [0.25, 0.3) is 5.56 Å². The van der Waals surface area contributed by atoms with Crippen LogP contribution in [0.5, 0.6) is 5.75 Å². The van der Waals surface area contributed by atoms with Gasteiger partial charge >= 0.3 is 11.7 Å². The number of para-hydroxylation sites is 1. The van der Waals surface area contributed by atoms with Crippen molar-refractivity contribution < 1.29 is 32.2 Å². The molecule has 4 atom stereocenters. The number of sulfonamides is 1. The summed E-state index contributed by atoms with van der Waals surface area (Å²) in [4.78, 5) is 45.7. The van der Waals surface area contributed by atoms with Crippen LogP contribution in [-0.2, 0) is 31.6 Å². The van der Waals surface area contributed by atoms with Crippen molar-refractivity contribution in [1.29, 1.82) is 0 Å². The van der Waals surface area contributed by atoms with Crippen LogP contribution in [0.2, 0.25) is 0 Å². The second-order valence-electron chi connectivity index (χ2n) is 12.5. The molecule has 2 aliphatic rings. The summed E-state index contributed by atoms with van der Waals surface area (Å²) in [5.74, 6) is -0.223. The molecular formula is C31H36N4O9S2. The Morgan fingerprint density at radius 1 is 1.20 bits per heavy atom. The van der Waals surface area contributed by atoms with Gasteiger partial charge in [-0.2, -0.15) is 0 Å². The molecule has 1 aliphatic heterocycles. The quantitative estimate of drug-likeness (QED) is 0.264. The number of oxazole rings is 1. The van der Waals surface area contributed by atoms with Gasteiger partial charge < -0.3 is 19.0 Å². The van der Waals surface area contributed by atoms with Crippen LogP contribution in [0.3, 0.4) is 0 Å². The molecule has 0 spiro atoms. The van der Waals surface area contributed by atoms with E-state index >= 15 is 0 Å². The van der Waals surface area contributed by atoms with Crippen molar-refractivity contribution in [3.05, 3.63) is 68.7 Å². The number of hydrogen-bond acceptors (Lipinski definition) is 10. The third-order valence-corrected chi connectivity index (χ3v) is 11.8. The summed E-state index contributed by atoms with van der Waals surface area (Å²) in [6, 6.07) is 7.30. The van der Waals surface area contributed by atoms with Crippen molar-refractivity contribution in [3.8, 4) is 16.5 Å². The molecule has 1 aliphatic carbocycles. The third-order valence-electron chi connectivity index (χ3n) is 9.26. The minimum atomic E-state index is -3.29. The van der Waals surface area contributed by atoms with Gasteiger partial charge in [0.15, 0.2) is 0 Å². The number of aliphatic carboxylic acids is 1. The van der Waals surface area contributed by atoms with Gasteiger partial charge in [-0.25, -0.2) is 31.9 Å². The first kappa shape index (κ1) is 32.2. The topological polar surface area (TPSA) is 163 Å². The first-order valence-corrected chi connectivity index (χ1v) is 17.5. The zero-order valence-corrected chi connectivity index (χ0v) is 27.8. The standard InChI is InChI=1S/C31H36N4O9S2/c1-17-24-27(36)35(31(2,3)29(37)38)30(39)34(28(24)45-25(17)26-32-10-11-43-26)16-23(21-8-6-7-9-22(21)42-4)44-20-12-18-14-33(46(5,40)41)15-19(18)13-20/h6-11,18-20,23H,12-16H2,1-5H3,(H,37,38)/t18-,19+,20?,23-/m0/s1. The zero-order chi connectivity index (χ0) is 33.1. The predicted octanol–water partition coefficient (Wildman–Crippen LogP) is 3.44. The number of thiophene rings is 1. The molecule has 1 unspecified atom stereocenters. The van der Waals surface area contributed by atoms with Crippen LogP contribution in [0.25, 0.3) is 21.0 Å². The van der Waals surface area contributed by atoms with Gasteiger partial charge in [-0.3, -0.25) is 9.36 Å². The molecule has 2 fully saturated rings. The number of nitrogens with zero attached hydrogens (tertiary/aromatic N) is 4. The van der Waals surface area contributed by atoms with E-state index in [1.165, 1.54) is 52.8 Å². The number of aryl methyl sites for hydroxylation is 1. The van der Waals surface area contributed by atoms with E-state index in [4.69, 9.17) is 13.9 Å². The van der Waals surface area contributed by atoms with E-state index in [1.54, 1.807) is 20.1 Å². The van der Waals surface area contributed by atoms with Crippen LogP contribution >= 0.6 is 11.3 Å². The lowest BCUT2D eigenvalue weighted by Crippen LogP contribution is -2.52. The average Bonchev–Trinajstić information content (AvgIpc) is 3.78. The zero-order valence-electron chi connectivity index (χ0n) is 26.1. The molecule has 4 heterocycles. The summed E-state index contributed by atoms with van der Waals surface area (Å²) in [6.07, 6.45) is 4.44. The average molecular weight is 673 g/mol. The summed E-state index contributed by atoms with van der Waals surface area (Å²) in [7, 11) is -1.75. The smallest absolute Gasteiger partial charge is 0.333 e. The first-order valence-electron chi connectivity index (χ1n) is 14.9. The number of carboxylic acids is 1. The minimum Gasteiger partial charge on any atom is -0.496 e. The highest BCUT2D eigenvalue weighted by molar-refractivity contribution is 7.88. The molecule has 0 amide bonds. The Morgan fingerprint density at radius 3 is 2.46 bits per heavy atom. The minimum absolute atomic E-state index is 0.0576. The van der Waals surface area contributed by atoms with E-state index in [0.29, 0.717) is 52.5 Å². The highest BCUT2D eigenvalue weighted by atomic mass is 32.2. The molecule has 4 aromatic rings. The fourth-order valence-corrected chi connectivity index (χ4v) is 8.93. The number of benzene rings is 1. The van der Waals surface area contributed by atoms with Gasteiger partial charge in [0, 0.05) is 18.7 Å². The number of carboxylic acid groups (broad SMARTS) is 1. The second kappa shape index (κ2) is 11.8. The number of rotatable bonds is 10. The highest BCUT2D eigenvalue weighted by Crippen LogP contribution is 2.43. The monoisotopic (exact) mass is 672 g/mol. The Bertz CT molecular complexity index is 2010. The maximum absolute atomic E-state index is 14.3. The van der Waals surface area contributed by atoms with Gasteiger partial charge in [-0.05, 0) is 57.1 Å². The highest BCUT2D eigenvalue weighted by Gasteiger charge is 2.45. The van der Waals surface area contributed by atoms with Crippen LogP contribution in [-0.4, -0.2) is 70.5 Å². The van der Waals surface area contributed by atoms with E-state index in [-0.39, 0.29) is 35.8 Å². The summed E-state index contributed by atoms with van der Waals surface area (Å²) in [5, 5.41) is 10.3. The Morgan fingerprint density at radius 2 is 1.87 bits per heavy atom. The van der Waals surface area contributed by atoms with Gasteiger partial charge in [0.1, 0.15) is 28.5 Å². The van der Waals surface area contributed by atoms with Gasteiger partial charge in [0.05, 0.1) is 42.5 Å². The number of fused-ring (bicyclic) bond motifs is 2. The van der Waals surface area contributed by atoms with Crippen LogP contribution in [0, 0.1) is 18.8 Å². The maximum atomic E-state index is 14.3. The molecule has 0 radical (unpaired) electrons. The lowest BCUT2D eigenvalue weighted by molar-refractivity contribution is -0.146. The predicted molar refractivity (Wildman–Crippen MR) is 171 cm³/mol. The SMILES string of the molecule is COc1ccccc1[C@H](Cn1c(=O)n(C(C)(C)C(=O)O)c(=O)c2c(C)c(-c3ncco3)sc21)OC1C[C@@H]2CN(S(C)(=O)=O)C[C@@H]2C1. The molecule has 3 aromatic heterocycles. The number of aromatic nitrogens is 3. The summed E-state index contributed by atoms with van der Waals surface area (Å²) >= 11 is 1.17. The van der Waals surface area contributed by atoms with Crippen LogP contribution in [0.1, 0.15) is 43.9 Å². The van der Waals surface area contributed by atoms with E-state index in [1.807, 2.05) is 18.2 Å². The molecule has 13 nitrogen and oxygen atoms in total. The van der Waals surface area contributed by atoms with Crippen LogP contribution in [0.4, 0.5) is 0 Å². The summed E-state index contributed by atoms with van der Waals surface area (Å²) in [6.45, 7) is 5.18. The third kappa shape index (κ3) is 5.48. The molecule has 1 N–H and O–H groups in total. The van der Waals surface area contributed by atoms with Gasteiger partial charge in [0.2, 0.25) is 15.9 Å². The van der Waals surface area contributed by atoms with E-state index < -0.39 is 38.9 Å². The van der Waals surface area contributed by atoms with Gasteiger partial charge in [-0.1, -0.05) is 18.2 Å². The Hall–Kier alpha value is -3.79. The fraction of sp³-hybridized carbons (Fsp3) is 0.484. The van der Waals surface area contributed by atoms with E-state index in [9.17, 15) is 27.9 Å². The second-order valence-corrected chi connectivity index (χ2v) is 15.5. The first-order chi connectivity index (χ1) is 21.7. The molecule has 15 heteroatoms. The maximum Gasteiger partial charge on any atom is 0.333 e. The molecule has 1 aromatic carbocycles. The number of ether oxygens (including phenoxy) is 2. The van der Waals surface area contributed by atoms with E-state index in [0.717, 1.165) is 4.57 Å². The number of carbonyl (C=O) groups is 1. The summed E-state index contributed by atoms with van der Waals surface area (Å²) in [5.41, 5.74) is -2.18. The molecule has 246 valence electrons. The number of hydrogen-bond donors (Lipinski definition) is 1. The largest absolute Gasteiger partial charge is 0.496 e. The molecule has 1 saturated heterocycles. The van der Waals surface area contributed by atoms with Crippen molar-refractivity contribution in [2.24, 2.45) is 11.8 Å².